The van der Waals surface area contributed by atoms with Gasteiger partial charge in [-0.1, -0.05) is 30.3 Å². The summed E-state index contributed by atoms with van der Waals surface area (Å²) < 4.78 is 16.3. The lowest BCUT2D eigenvalue weighted by molar-refractivity contribution is 0.122. The minimum atomic E-state index is -2.43. The Morgan fingerprint density at radius 3 is 2.15 bits per heavy atom. The van der Waals surface area contributed by atoms with Crippen molar-refractivity contribution in [1.29, 1.82) is 0 Å². The third-order valence-electron chi connectivity index (χ3n) is 3.73. The highest BCUT2D eigenvalue weighted by Gasteiger charge is 2.37. The number of rotatable bonds is 10. The van der Waals surface area contributed by atoms with Crippen LogP contribution in [-0.2, 0) is 19.7 Å². The Balaban J connectivity index is 2.42. The molecule has 0 heterocycles. The van der Waals surface area contributed by atoms with E-state index in [2.05, 4.69) is 24.3 Å². The molecule has 0 aromatic heterocycles. The van der Waals surface area contributed by atoms with Crippen molar-refractivity contribution in [2.75, 3.05) is 27.9 Å². The van der Waals surface area contributed by atoms with E-state index in [1.165, 1.54) is 5.56 Å². The first-order valence-corrected chi connectivity index (χ1v) is 9.02. The fraction of sp³-hybridized carbons (Fsp3) is 0.600. The summed E-state index contributed by atoms with van der Waals surface area (Å²) >= 11 is 0. The first-order chi connectivity index (χ1) is 9.69. The lowest BCUT2D eigenvalue weighted by Crippen LogP contribution is -2.42. The number of hydrogen-bond acceptors (Lipinski definition) is 4. The maximum Gasteiger partial charge on any atom is 0.500 e. The van der Waals surface area contributed by atoms with Gasteiger partial charge in [-0.2, -0.15) is 0 Å². The van der Waals surface area contributed by atoms with Gasteiger partial charge in [0.15, 0.2) is 0 Å². The van der Waals surface area contributed by atoms with Gasteiger partial charge in [0, 0.05) is 27.4 Å². The van der Waals surface area contributed by atoms with Gasteiger partial charge in [0.05, 0.1) is 0 Å². The molecule has 0 bridgehead atoms. The van der Waals surface area contributed by atoms with E-state index in [9.17, 15) is 0 Å². The maximum atomic E-state index is 5.89. The van der Waals surface area contributed by atoms with E-state index in [0.717, 1.165) is 25.3 Å². The molecular weight excluding hydrogens is 270 g/mol. The van der Waals surface area contributed by atoms with Crippen LogP contribution in [0.4, 0.5) is 0 Å². The van der Waals surface area contributed by atoms with E-state index in [1.54, 1.807) is 21.3 Å². The third-order valence-corrected chi connectivity index (χ3v) is 6.56. The SMILES string of the molecule is CO[Si](CCCC(CN)Cc1ccccc1)(OC)OC. The van der Waals surface area contributed by atoms with Crippen LogP contribution in [0.2, 0.25) is 6.04 Å². The highest BCUT2D eigenvalue weighted by molar-refractivity contribution is 6.60. The fourth-order valence-corrected chi connectivity index (χ4v) is 4.16. The molecule has 0 aliphatic carbocycles. The van der Waals surface area contributed by atoms with Crippen LogP contribution in [0.3, 0.4) is 0 Å². The molecule has 1 aromatic carbocycles. The van der Waals surface area contributed by atoms with E-state index in [1.807, 2.05) is 6.07 Å². The van der Waals surface area contributed by atoms with Crippen molar-refractivity contribution in [2.45, 2.75) is 25.3 Å². The van der Waals surface area contributed by atoms with Crippen LogP contribution < -0.4 is 5.73 Å². The molecule has 2 N–H and O–H groups in total. The van der Waals surface area contributed by atoms with Gasteiger partial charge >= 0.3 is 8.80 Å². The molecule has 1 aromatic rings. The summed E-state index contributed by atoms with van der Waals surface area (Å²) in [6.45, 7) is 0.705. The van der Waals surface area contributed by atoms with Crippen LogP contribution >= 0.6 is 0 Å². The summed E-state index contributed by atoms with van der Waals surface area (Å²) in [5.74, 6) is 0.495. The van der Waals surface area contributed by atoms with Crippen molar-refractivity contribution in [3.63, 3.8) is 0 Å². The lowest BCUT2D eigenvalue weighted by atomic mass is 9.95. The van der Waals surface area contributed by atoms with Crippen LogP contribution in [0, 0.1) is 5.92 Å². The average molecular weight is 297 g/mol. The third kappa shape index (κ3) is 5.34. The second-order valence-corrected chi connectivity index (χ2v) is 8.07. The second-order valence-electron chi connectivity index (χ2n) is 4.98. The molecule has 0 radical (unpaired) electrons. The molecule has 1 rings (SSSR count). The van der Waals surface area contributed by atoms with Gasteiger partial charge in [-0.25, -0.2) is 0 Å². The van der Waals surface area contributed by atoms with Gasteiger partial charge < -0.3 is 19.0 Å². The first-order valence-electron chi connectivity index (χ1n) is 7.09. The molecule has 0 saturated heterocycles. The molecule has 1 atom stereocenters. The normalized spacial score (nSPS) is 13.4. The van der Waals surface area contributed by atoms with E-state index < -0.39 is 8.80 Å². The molecule has 0 fully saturated rings. The molecular formula is C15H27NO3Si. The predicted molar refractivity (Wildman–Crippen MR) is 83.5 cm³/mol. The van der Waals surface area contributed by atoms with E-state index in [-0.39, 0.29) is 0 Å². The number of hydrogen-bond donors (Lipinski definition) is 1. The molecule has 0 saturated carbocycles. The second kappa shape index (κ2) is 9.26. The fourth-order valence-electron chi connectivity index (χ4n) is 2.41. The summed E-state index contributed by atoms with van der Waals surface area (Å²) in [6, 6.07) is 11.3. The first kappa shape index (κ1) is 17.3. The quantitative estimate of drug-likeness (QED) is 0.674. The Morgan fingerprint density at radius 1 is 1.05 bits per heavy atom. The van der Waals surface area contributed by atoms with E-state index >= 15 is 0 Å². The van der Waals surface area contributed by atoms with Crippen LogP contribution in [0.1, 0.15) is 18.4 Å². The van der Waals surface area contributed by atoms with Crippen LogP contribution in [0.5, 0.6) is 0 Å². The van der Waals surface area contributed by atoms with Crippen molar-refractivity contribution in [1.82, 2.24) is 0 Å². The maximum absolute atomic E-state index is 5.89. The van der Waals surface area contributed by atoms with E-state index in [4.69, 9.17) is 19.0 Å². The van der Waals surface area contributed by atoms with Crippen molar-refractivity contribution < 1.29 is 13.3 Å². The standard InChI is InChI=1S/C15H27NO3Si/c1-17-20(18-2,19-3)11-7-10-15(13-16)12-14-8-5-4-6-9-14/h4-6,8-9,15H,7,10-13,16H2,1-3H3. The van der Waals surface area contributed by atoms with Gasteiger partial charge in [-0.05, 0) is 37.3 Å². The average Bonchev–Trinajstić information content (AvgIpc) is 2.52. The van der Waals surface area contributed by atoms with Crippen LogP contribution in [0.25, 0.3) is 0 Å². The highest BCUT2D eigenvalue weighted by Crippen LogP contribution is 2.20. The molecule has 5 heteroatoms. The van der Waals surface area contributed by atoms with Crippen LogP contribution in [-0.4, -0.2) is 36.7 Å². The zero-order valence-electron chi connectivity index (χ0n) is 12.8. The summed E-state index contributed by atoms with van der Waals surface area (Å²) in [5, 5.41) is 0. The van der Waals surface area contributed by atoms with Crippen molar-refractivity contribution in [3.05, 3.63) is 35.9 Å². The number of benzene rings is 1. The van der Waals surface area contributed by atoms with Crippen LogP contribution in [0.15, 0.2) is 30.3 Å². The monoisotopic (exact) mass is 297 g/mol. The van der Waals surface area contributed by atoms with Gasteiger partial charge in [-0.15, -0.1) is 0 Å². The summed E-state index contributed by atoms with van der Waals surface area (Å²) in [5.41, 5.74) is 7.23. The zero-order chi connectivity index (χ0) is 14.8. The Bertz CT molecular complexity index is 349. The topological polar surface area (TPSA) is 53.7 Å². The zero-order valence-corrected chi connectivity index (χ0v) is 13.8. The molecule has 0 amide bonds. The Labute approximate surface area is 123 Å². The Morgan fingerprint density at radius 2 is 1.65 bits per heavy atom. The lowest BCUT2D eigenvalue weighted by Gasteiger charge is -2.25. The van der Waals surface area contributed by atoms with Gasteiger partial charge in [0.25, 0.3) is 0 Å². The molecule has 20 heavy (non-hydrogen) atoms. The molecule has 0 spiro atoms. The van der Waals surface area contributed by atoms with Gasteiger partial charge in [0.1, 0.15) is 0 Å². The predicted octanol–water partition coefficient (Wildman–Crippen LogP) is 2.46. The molecule has 0 aliphatic rings. The molecule has 1 unspecified atom stereocenters. The van der Waals surface area contributed by atoms with Gasteiger partial charge in [0.2, 0.25) is 0 Å². The molecule has 0 aliphatic heterocycles. The smallest absolute Gasteiger partial charge is 0.377 e. The van der Waals surface area contributed by atoms with E-state index in [0.29, 0.717) is 12.5 Å². The van der Waals surface area contributed by atoms with Crippen molar-refractivity contribution in [2.24, 2.45) is 11.7 Å². The highest BCUT2D eigenvalue weighted by atomic mass is 28.4. The molecule has 114 valence electrons. The Kier molecular flexibility index (Phi) is 8.02. The molecule has 4 nitrogen and oxygen atoms in total. The summed E-state index contributed by atoms with van der Waals surface area (Å²) in [4.78, 5) is 0. The van der Waals surface area contributed by atoms with Gasteiger partial charge in [-0.3, -0.25) is 0 Å². The minimum Gasteiger partial charge on any atom is -0.377 e. The Hall–Kier alpha value is -0.723. The summed E-state index contributed by atoms with van der Waals surface area (Å²) in [7, 11) is 2.54. The van der Waals surface area contributed by atoms with Crippen molar-refractivity contribution >= 4 is 8.80 Å². The number of nitrogens with two attached hydrogens (primary N) is 1. The summed E-state index contributed by atoms with van der Waals surface area (Å²) in [6.07, 6.45) is 3.10. The largest absolute Gasteiger partial charge is 0.500 e. The minimum absolute atomic E-state index is 0.495. The van der Waals surface area contributed by atoms with Crippen molar-refractivity contribution in [3.8, 4) is 0 Å².